The molecule has 18 heavy (non-hydrogen) atoms. The van der Waals surface area contributed by atoms with Gasteiger partial charge >= 0.3 is 0 Å². The number of rotatable bonds is 1. The summed E-state index contributed by atoms with van der Waals surface area (Å²) in [7, 11) is 0. The number of hydrogen-bond donors (Lipinski definition) is 1. The molecule has 1 unspecified atom stereocenters. The topological polar surface area (TPSA) is 47.3 Å². The lowest BCUT2D eigenvalue weighted by molar-refractivity contribution is 0.00599. The van der Waals surface area contributed by atoms with Gasteiger partial charge in [-0.3, -0.25) is 0 Å². The van der Waals surface area contributed by atoms with E-state index in [0.717, 1.165) is 25.9 Å². The first-order valence-corrected chi connectivity index (χ1v) is 6.71. The highest BCUT2D eigenvalue weighted by Gasteiger charge is 2.38. The minimum absolute atomic E-state index is 0.103. The number of aliphatic hydroxyl groups is 1. The van der Waals surface area contributed by atoms with E-state index in [9.17, 15) is 5.11 Å². The van der Waals surface area contributed by atoms with Crippen molar-refractivity contribution < 1.29 is 5.11 Å². The van der Waals surface area contributed by atoms with Crippen LogP contribution >= 0.6 is 0 Å². The van der Waals surface area contributed by atoms with Gasteiger partial charge in [0, 0.05) is 30.6 Å². The van der Waals surface area contributed by atoms with Crippen molar-refractivity contribution in [3.8, 4) is 6.07 Å². The lowest BCUT2D eigenvalue weighted by Crippen LogP contribution is -2.51. The first kappa shape index (κ1) is 11.6. The molecule has 0 radical (unpaired) electrons. The minimum Gasteiger partial charge on any atom is -0.392 e. The lowest BCUT2D eigenvalue weighted by Gasteiger charge is -2.46. The third-order valence-corrected chi connectivity index (χ3v) is 4.39. The predicted octanol–water partition coefficient (Wildman–Crippen LogP) is 2.16. The van der Waals surface area contributed by atoms with Crippen LogP contribution in [0, 0.1) is 23.2 Å². The standard InChI is InChI=1S/C15H18N2O/c16-8-11-4-6-14(7-5-11)17-9-12-2-1-3-13(10-17)15(12)18/h4-7,12-13,15,18H,1-3,9-10H2/t12-,13+,15?. The summed E-state index contributed by atoms with van der Waals surface area (Å²) >= 11 is 0. The molecule has 1 saturated heterocycles. The molecule has 1 N–H and O–H groups in total. The van der Waals surface area contributed by atoms with Crippen LogP contribution in [-0.4, -0.2) is 24.3 Å². The monoisotopic (exact) mass is 242 g/mol. The van der Waals surface area contributed by atoms with E-state index in [2.05, 4.69) is 11.0 Å². The number of nitrogens with zero attached hydrogens (tertiary/aromatic N) is 2. The molecule has 1 aromatic rings. The molecule has 0 aromatic heterocycles. The van der Waals surface area contributed by atoms with Crippen molar-refractivity contribution in [2.75, 3.05) is 18.0 Å². The van der Waals surface area contributed by atoms with Gasteiger partial charge in [-0.15, -0.1) is 0 Å². The Morgan fingerprint density at radius 2 is 1.72 bits per heavy atom. The van der Waals surface area contributed by atoms with Gasteiger partial charge in [-0.1, -0.05) is 6.42 Å². The highest BCUT2D eigenvalue weighted by atomic mass is 16.3. The summed E-state index contributed by atoms with van der Waals surface area (Å²) in [5.41, 5.74) is 1.88. The number of piperidine rings is 1. The van der Waals surface area contributed by atoms with E-state index in [1.807, 2.05) is 24.3 Å². The zero-order valence-electron chi connectivity index (χ0n) is 10.4. The average Bonchev–Trinajstić information content (AvgIpc) is 2.38. The highest BCUT2D eigenvalue weighted by molar-refractivity contribution is 5.50. The largest absolute Gasteiger partial charge is 0.392 e. The Balaban J connectivity index is 1.79. The third-order valence-electron chi connectivity index (χ3n) is 4.39. The van der Waals surface area contributed by atoms with E-state index >= 15 is 0 Å². The lowest BCUT2D eigenvalue weighted by atomic mass is 9.75. The van der Waals surface area contributed by atoms with E-state index in [0.29, 0.717) is 17.4 Å². The Labute approximate surface area is 108 Å². The van der Waals surface area contributed by atoms with Gasteiger partial charge in [-0.25, -0.2) is 0 Å². The number of benzene rings is 1. The summed E-state index contributed by atoms with van der Waals surface area (Å²) in [6.45, 7) is 1.90. The van der Waals surface area contributed by atoms with Crippen LogP contribution in [0.4, 0.5) is 5.69 Å². The Morgan fingerprint density at radius 1 is 1.11 bits per heavy atom. The maximum absolute atomic E-state index is 10.2. The van der Waals surface area contributed by atoms with Crippen LogP contribution in [0.2, 0.25) is 0 Å². The van der Waals surface area contributed by atoms with Crippen molar-refractivity contribution in [3.63, 3.8) is 0 Å². The molecule has 1 aromatic carbocycles. The Morgan fingerprint density at radius 3 is 2.28 bits per heavy atom. The van der Waals surface area contributed by atoms with Crippen LogP contribution in [0.1, 0.15) is 24.8 Å². The van der Waals surface area contributed by atoms with Crippen molar-refractivity contribution in [1.82, 2.24) is 0 Å². The van der Waals surface area contributed by atoms with Gasteiger partial charge in [0.15, 0.2) is 0 Å². The van der Waals surface area contributed by atoms with E-state index < -0.39 is 0 Å². The summed E-state index contributed by atoms with van der Waals surface area (Å²) in [5, 5.41) is 19.0. The molecule has 1 heterocycles. The Kier molecular flexibility index (Phi) is 2.97. The maximum atomic E-state index is 10.2. The number of anilines is 1. The molecule has 94 valence electrons. The fourth-order valence-electron chi connectivity index (χ4n) is 3.37. The molecule has 3 heteroatoms. The predicted molar refractivity (Wildman–Crippen MR) is 70.2 cm³/mol. The number of fused-ring (bicyclic) bond motifs is 2. The van der Waals surface area contributed by atoms with Crippen molar-refractivity contribution in [2.45, 2.75) is 25.4 Å². The van der Waals surface area contributed by atoms with Crippen LogP contribution < -0.4 is 4.90 Å². The number of hydrogen-bond acceptors (Lipinski definition) is 3. The van der Waals surface area contributed by atoms with E-state index in [1.54, 1.807) is 0 Å². The van der Waals surface area contributed by atoms with Gasteiger partial charge in [0.2, 0.25) is 0 Å². The van der Waals surface area contributed by atoms with Gasteiger partial charge in [0.25, 0.3) is 0 Å². The van der Waals surface area contributed by atoms with Gasteiger partial charge in [0.05, 0.1) is 17.7 Å². The molecule has 1 aliphatic carbocycles. The Hall–Kier alpha value is -1.53. The summed E-state index contributed by atoms with van der Waals surface area (Å²) in [5.74, 6) is 0.848. The SMILES string of the molecule is N#Cc1ccc(N2C[C@H]3CCC[C@@H](C2)C3O)cc1. The third kappa shape index (κ3) is 1.97. The molecule has 0 amide bonds. The van der Waals surface area contributed by atoms with Crippen molar-refractivity contribution >= 4 is 5.69 Å². The molecule has 2 bridgehead atoms. The van der Waals surface area contributed by atoms with Crippen LogP contribution in [0.3, 0.4) is 0 Å². The van der Waals surface area contributed by atoms with E-state index in [-0.39, 0.29) is 6.10 Å². The molecule has 3 nitrogen and oxygen atoms in total. The molecular weight excluding hydrogens is 224 g/mol. The van der Waals surface area contributed by atoms with Crippen molar-refractivity contribution in [2.24, 2.45) is 11.8 Å². The van der Waals surface area contributed by atoms with Gasteiger partial charge < -0.3 is 10.0 Å². The second-order valence-corrected chi connectivity index (χ2v) is 5.51. The summed E-state index contributed by atoms with van der Waals surface area (Å²) < 4.78 is 0. The molecule has 2 fully saturated rings. The molecule has 2 aliphatic rings. The van der Waals surface area contributed by atoms with Crippen LogP contribution in [-0.2, 0) is 0 Å². The first-order valence-electron chi connectivity index (χ1n) is 6.71. The fraction of sp³-hybridized carbons (Fsp3) is 0.533. The first-order chi connectivity index (χ1) is 8.78. The zero-order valence-corrected chi connectivity index (χ0v) is 10.4. The molecule has 0 spiro atoms. The van der Waals surface area contributed by atoms with Gasteiger partial charge in [-0.2, -0.15) is 5.26 Å². The molecule has 1 aliphatic heterocycles. The molecule has 3 atom stereocenters. The van der Waals surface area contributed by atoms with Gasteiger partial charge in [-0.05, 0) is 37.1 Å². The average molecular weight is 242 g/mol. The van der Waals surface area contributed by atoms with E-state index in [1.165, 1.54) is 12.1 Å². The second-order valence-electron chi connectivity index (χ2n) is 5.51. The number of aliphatic hydroxyl groups excluding tert-OH is 1. The molecular formula is C15H18N2O. The summed E-state index contributed by atoms with van der Waals surface area (Å²) in [6, 6.07) is 9.93. The van der Waals surface area contributed by atoms with Crippen LogP contribution in [0.5, 0.6) is 0 Å². The summed E-state index contributed by atoms with van der Waals surface area (Å²) in [4.78, 5) is 2.36. The van der Waals surface area contributed by atoms with Crippen molar-refractivity contribution in [1.29, 1.82) is 5.26 Å². The van der Waals surface area contributed by atoms with Crippen LogP contribution in [0.15, 0.2) is 24.3 Å². The van der Waals surface area contributed by atoms with Gasteiger partial charge in [0.1, 0.15) is 0 Å². The van der Waals surface area contributed by atoms with E-state index in [4.69, 9.17) is 5.26 Å². The van der Waals surface area contributed by atoms with Crippen LogP contribution in [0.25, 0.3) is 0 Å². The summed E-state index contributed by atoms with van der Waals surface area (Å²) in [6.07, 6.45) is 3.44. The quantitative estimate of drug-likeness (QED) is 0.821. The second kappa shape index (κ2) is 4.62. The highest BCUT2D eigenvalue weighted by Crippen LogP contribution is 2.36. The minimum atomic E-state index is -0.103. The zero-order chi connectivity index (χ0) is 12.5. The molecule has 3 rings (SSSR count). The van der Waals surface area contributed by atoms with Crippen molar-refractivity contribution in [3.05, 3.63) is 29.8 Å². The fourth-order valence-corrected chi connectivity index (χ4v) is 3.37. The maximum Gasteiger partial charge on any atom is 0.0991 e. The molecule has 1 saturated carbocycles. The Bertz CT molecular complexity index is 448. The number of nitriles is 1. The smallest absolute Gasteiger partial charge is 0.0991 e. The normalized spacial score (nSPS) is 30.9.